The molecule has 0 saturated carbocycles. The lowest BCUT2D eigenvalue weighted by Crippen LogP contribution is -2.31. The molecule has 1 saturated heterocycles. The number of ether oxygens (including phenoxy) is 2. The molecule has 200 valence electrons. The van der Waals surface area contributed by atoms with Gasteiger partial charge in [0.25, 0.3) is 11.7 Å². The first-order chi connectivity index (χ1) is 18.4. The number of aromatic nitrogens is 2. The van der Waals surface area contributed by atoms with Gasteiger partial charge in [0.15, 0.2) is 11.5 Å². The highest BCUT2D eigenvalue weighted by molar-refractivity contribution is 6.46. The lowest BCUT2D eigenvalue weighted by molar-refractivity contribution is -0.139. The maximum absolute atomic E-state index is 13.5. The number of halogens is 1. The van der Waals surface area contributed by atoms with Gasteiger partial charge in [0, 0.05) is 31.0 Å². The van der Waals surface area contributed by atoms with E-state index in [9.17, 15) is 19.1 Å². The molecule has 1 aliphatic heterocycles. The molecule has 1 atom stereocenters. The van der Waals surface area contributed by atoms with Gasteiger partial charge in [-0.1, -0.05) is 19.4 Å². The van der Waals surface area contributed by atoms with Crippen molar-refractivity contribution in [2.24, 2.45) is 0 Å². The summed E-state index contributed by atoms with van der Waals surface area (Å²) in [5.41, 5.74) is 0.797. The average Bonchev–Trinajstić information content (AvgIpc) is 3.52. The monoisotopic (exact) mass is 521 g/mol. The zero-order chi connectivity index (χ0) is 27.1. The van der Waals surface area contributed by atoms with Crippen molar-refractivity contribution in [1.82, 2.24) is 14.5 Å². The first-order valence-electron chi connectivity index (χ1n) is 12.8. The van der Waals surface area contributed by atoms with Crippen molar-refractivity contribution in [1.29, 1.82) is 0 Å². The SMILES string of the molecule is CCCCOc1ccc(C2/C(=C(\O)c3ccc(F)cc3)C(=O)C(=O)N2CCCn2ccnc2)cc1OCC. The first kappa shape index (κ1) is 26.9. The normalized spacial score (nSPS) is 16.7. The number of rotatable bonds is 12. The second-order valence-electron chi connectivity index (χ2n) is 8.99. The van der Waals surface area contributed by atoms with E-state index in [-0.39, 0.29) is 23.4 Å². The zero-order valence-corrected chi connectivity index (χ0v) is 21.6. The molecule has 9 heteroatoms. The quantitative estimate of drug-likeness (QED) is 0.154. The van der Waals surface area contributed by atoms with E-state index in [1.165, 1.54) is 29.2 Å². The largest absolute Gasteiger partial charge is 0.507 e. The number of hydrogen-bond donors (Lipinski definition) is 1. The van der Waals surface area contributed by atoms with Gasteiger partial charge in [-0.05, 0) is 61.7 Å². The molecule has 1 fully saturated rings. The van der Waals surface area contributed by atoms with Crippen LogP contribution in [0, 0.1) is 5.82 Å². The number of hydrogen-bond acceptors (Lipinski definition) is 6. The van der Waals surface area contributed by atoms with Crippen molar-refractivity contribution in [2.75, 3.05) is 19.8 Å². The molecule has 1 unspecified atom stereocenters. The number of likely N-dealkylation sites (tertiary alicyclic amines) is 1. The molecule has 1 N–H and O–H groups in total. The van der Waals surface area contributed by atoms with E-state index < -0.39 is 23.5 Å². The highest BCUT2D eigenvalue weighted by Crippen LogP contribution is 2.42. The van der Waals surface area contributed by atoms with Crippen LogP contribution in [0.4, 0.5) is 4.39 Å². The molecule has 0 bridgehead atoms. The molecule has 2 aromatic carbocycles. The smallest absolute Gasteiger partial charge is 0.295 e. The maximum atomic E-state index is 13.5. The van der Waals surface area contributed by atoms with Crippen LogP contribution in [-0.4, -0.2) is 51.0 Å². The third kappa shape index (κ3) is 5.88. The topological polar surface area (TPSA) is 93.9 Å². The van der Waals surface area contributed by atoms with Crippen LogP contribution < -0.4 is 9.47 Å². The van der Waals surface area contributed by atoms with E-state index >= 15 is 0 Å². The zero-order valence-electron chi connectivity index (χ0n) is 21.6. The third-order valence-corrected chi connectivity index (χ3v) is 6.37. The number of amides is 1. The molecule has 1 aromatic heterocycles. The van der Waals surface area contributed by atoms with Gasteiger partial charge in [-0.15, -0.1) is 0 Å². The maximum Gasteiger partial charge on any atom is 0.295 e. The van der Waals surface area contributed by atoms with Gasteiger partial charge in [0.1, 0.15) is 11.6 Å². The lowest BCUT2D eigenvalue weighted by atomic mass is 9.95. The summed E-state index contributed by atoms with van der Waals surface area (Å²) in [7, 11) is 0. The Labute approximate surface area is 221 Å². The average molecular weight is 522 g/mol. The first-order valence-corrected chi connectivity index (χ1v) is 12.8. The predicted molar refractivity (Wildman–Crippen MR) is 140 cm³/mol. The fourth-order valence-corrected chi connectivity index (χ4v) is 4.47. The number of nitrogens with zero attached hydrogens (tertiary/aromatic N) is 3. The molecular formula is C29H32FN3O5. The number of aliphatic hydroxyl groups is 1. The minimum Gasteiger partial charge on any atom is -0.507 e. The summed E-state index contributed by atoms with van der Waals surface area (Å²) in [6.07, 6.45) is 7.63. The summed E-state index contributed by atoms with van der Waals surface area (Å²) in [5.74, 6) is -1.26. The van der Waals surface area contributed by atoms with E-state index in [1.807, 2.05) is 17.7 Å². The number of carbonyl (C=O) groups is 2. The van der Waals surface area contributed by atoms with Crippen molar-refractivity contribution in [3.8, 4) is 11.5 Å². The number of aryl methyl sites for hydroxylation is 1. The number of benzene rings is 2. The summed E-state index contributed by atoms with van der Waals surface area (Å²) in [6, 6.07) is 9.59. The Hall–Kier alpha value is -4.14. The predicted octanol–water partition coefficient (Wildman–Crippen LogP) is 5.11. The molecule has 3 aromatic rings. The number of carbonyl (C=O) groups excluding carboxylic acids is 2. The third-order valence-electron chi connectivity index (χ3n) is 6.37. The van der Waals surface area contributed by atoms with E-state index in [1.54, 1.807) is 30.7 Å². The Kier molecular flexibility index (Phi) is 8.78. The Morgan fingerprint density at radius 3 is 2.50 bits per heavy atom. The molecule has 4 rings (SSSR count). The highest BCUT2D eigenvalue weighted by Gasteiger charge is 2.46. The van der Waals surface area contributed by atoms with Crippen molar-refractivity contribution < 1.29 is 28.6 Å². The van der Waals surface area contributed by atoms with Crippen molar-refractivity contribution in [2.45, 2.75) is 45.7 Å². The number of aliphatic hydroxyl groups excluding tert-OH is 1. The van der Waals surface area contributed by atoms with Crippen molar-refractivity contribution >= 4 is 17.4 Å². The standard InChI is InChI=1S/C29H32FN3O5/c1-3-5-17-38-23-12-9-21(18-24(23)37-4-2)26-25(27(34)20-7-10-22(30)11-8-20)28(35)29(36)33(26)15-6-14-32-16-13-31-19-32/h7-13,16,18-19,26,34H,3-6,14-15,17H2,1-2H3/b27-25+. The summed E-state index contributed by atoms with van der Waals surface area (Å²) in [5, 5.41) is 11.2. The van der Waals surface area contributed by atoms with Gasteiger partial charge in [0.05, 0.1) is 31.2 Å². The highest BCUT2D eigenvalue weighted by atomic mass is 19.1. The molecule has 8 nitrogen and oxygen atoms in total. The molecule has 1 aliphatic rings. The van der Waals surface area contributed by atoms with Crippen LogP contribution in [0.1, 0.15) is 50.3 Å². The van der Waals surface area contributed by atoms with Gasteiger partial charge in [-0.25, -0.2) is 9.37 Å². The van der Waals surface area contributed by atoms with Crippen LogP contribution in [0.2, 0.25) is 0 Å². The van der Waals surface area contributed by atoms with Gasteiger partial charge in [0.2, 0.25) is 0 Å². The molecule has 0 aliphatic carbocycles. The Bertz CT molecular complexity index is 1290. The minimum atomic E-state index is -0.855. The van der Waals surface area contributed by atoms with E-state index in [2.05, 4.69) is 11.9 Å². The molecule has 0 radical (unpaired) electrons. The summed E-state index contributed by atoms with van der Waals surface area (Å²) in [6.45, 7) is 5.74. The molecule has 38 heavy (non-hydrogen) atoms. The van der Waals surface area contributed by atoms with E-state index in [0.717, 1.165) is 12.8 Å². The minimum absolute atomic E-state index is 0.0497. The van der Waals surface area contributed by atoms with Crippen LogP contribution in [0.3, 0.4) is 0 Å². The fourth-order valence-electron chi connectivity index (χ4n) is 4.47. The Morgan fingerprint density at radius 2 is 1.82 bits per heavy atom. The van der Waals surface area contributed by atoms with Crippen LogP contribution >= 0.6 is 0 Å². The Morgan fingerprint density at radius 1 is 1.03 bits per heavy atom. The van der Waals surface area contributed by atoms with Crippen molar-refractivity contribution in [3.05, 3.63) is 83.7 Å². The number of imidazole rings is 1. The summed E-state index contributed by atoms with van der Waals surface area (Å²) < 4.78 is 27.2. The van der Waals surface area contributed by atoms with E-state index in [4.69, 9.17) is 9.47 Å². The summed E-state index contributed by atoms with van der Waals surface area (Å²) >= 11 is 0. The number of ketones is 1. The molecule has 2 heterocycles. The second kappa shape index (κ2) is 12.4. The lowest BCUT2D eigenvalue weighted by Gasteiger charge is -2.26. The molecular weight excluding hydrogens is 489 g/mol. The van der Waals surface area contributed by atoms with Crippen LogP contribution in [-0.2, 0) is 16.1 Å². The Balaban J connectivity index is 1.75. The van der Waals surface area contributed by atoms with Crippen LogP contribution in [0.15, 0.2) is 66.8 Å². The van der Waals surface area contributed by atoms with Gasteiger partial charge >= 0.3 is 0 Å². The van der Waals surface area contributed by atoms with Gasteiger partial charge < -0.3 is 24.0 Å². The van der Waals surface area contributed by atoms with Crippen LogP contribution in [0.25, 0.3) is 5.76 Å². The number of unbranched alkanes of at least 4 members (excludes halogenated alkanes) is 1. The van der Waals surface area contributed by atoms with Gasteiger partial charge in [-0.3, -0.25) is 9.59 Å². The molecule has 1 amide bonds. The second-order valence-corrected chi connectivity index (χ2v) is 8.99. The van der Waals surface area contributed by atoms with Gasteiger partial charge in [-0.2, -0.15) is 0 Å². The van der Waals surface area contributed by atoms with E-state index in [0.29, 0.717) is 43.2 Å². The molecule has 0 spiro atoms. The van der Waals surface area contributed by atoms with Crippen molar-refractivity contribution in [3.63, 3.8) is 0 Å². The fraction of sp³-hybridized carbons (Fsp3) is 0.345. The summed E-state index contributed by atoms with van der Waals surface area (Å²) in [4.78, 5) is 32.0. The van der Waals surface area contributed by atoms with Crippen LogP contribution in [0.5, 0.6) is 11.5 Å². The number of Topliss-reactive ketones (excluding diaryl/α,β-unsaturated/α-hetero) is 1.